The summed E-state index contributed by atoms with van der Waals surface area (Å²) in [7, 11) is 0. The maximum Gasteiger partial charge on any atom is 0.231 e. The van der Waals surface area contributed by atoms with Crippen molar-refractivity contribution >= 4 is 51.6 Å². The third-order valence-electron chi connectivity index (χ3n) is 4.03. The van der Waals surface area contributed by atoms with E-state index in [9.17, 15) is 4.79 Å². The predicted octanol–water partition coefficient (Wildman–Crippen LogP) is 5.28. The van der Waals surface area contributed by atoms with Crippen LogP contribution < -0.4 is 5.32 Å². The van der Waals surface area contributed by atoms with E-state index in [1.54, 1.807) is 17.4 Å². The Morgan fingerprint density at radius 3 is 2.81 bits per heavy atom. The van der Waals surface area contributed by atoms with Gasteiger partial charge in [-0.25, -0.2) is 4.98 Å². The molecule has 4 nitrogen and oxygen atoms in total. The second-order valence-corrected chi connectivity index (χ2v) is 8.30. The first-order valence-corrected chi connectivity index (χ1v) is 10.6. The fourth-order valence-electron chi connectivity index (χ4n) is 2.78. The highest BCUT2D eigenvalue weighted by Gasteiger charge is 2.18. The molecule has 2 N–H and O–H groups in total. The number of hydrogen-bond acceptors (Lipinski definition) is 4. The highest BCUT2D eigenvalue weighted by molar-refractivity contribution is 7.99. The normalized spacial score (nSPS) is 12.2. The zero-order valence-corrected chi connectivity index (χ0v) is 16.6. The zero-order valence-electron chi connectivity index (χ0n) is 14.2. The van der Waals surface area contributed by atoms with Crippen LogP contribution in [-0.4, -0.2) is 21.6 Å². The minimum absolute atomic E-state index is 0.0410. The first-order valence-electron chi connectivity index (χ1n) is 8.35. The molecule has 0 unspecified atom stereocenters. The lowest BCUT2D eigenvalue weighted by Gasteiger charge is -2.17. The summed E-state index contributed by atoms with van der Waals surface area (Å²) >= 11 is 9.01. The average Bonchev–Trinajstić information content (AvgIpc) is 3.34. The fourth-order valence-corrected chi connectivity index (χ4v) is 4.45. The number of carbonyl (C=O) groups is 1. The number of nitrogens with one attached hydrogen (secondary N) is 2. The van der Waals surface area contributed by atoms with Crippen LogP contribution in [-0.2, 0) is 4.79 Å². The van der Waals surface area contributed by atoms with Gasteiger partial charge in [0.25, 0.3) is 0 Å². The van der Waals surface area contributed by atoms with E-state index in [1.165, 1.54) is 11.8 Å². The monoisotopic (exact) mass is 413 g/mol. The van der Waals surface area contributed by atoms with Crippen molar-refractivity contribution < 1.29 is 4.79 Å². The first-order chi connectivity index (χ1) is 13.2. The Labute approximate surface area is 170 Å². The standard InChI is InChI=1S/C20H16ClN3OS2/c21-14-8-9-15-16(11-14)23-20(22-15)27-12-18(25)24-19(17-7-4-10-26-17)13-5-2-1-3-6-13/h1-11,19H,12H2,(H,22,23)(H,24,25)/t19-/m0/s1. The molecule has 1 amide bonds. The van der Waals surface area contributed by atoms with Crippen LogP contribution in [0.5, 0.6) is 0 Å². The van der Waals surface area contributed by atoms with Gasteiger partial charge in [0.2, 0.25) is 5.91 Å². The Morgan fingerprint density at radius 1 is 1.19 bits per heavy atom. The fraction of sp³-hybridized carbons (Fsp3) is 0.100. The van der Waals surface area contributed by atoms with E-state index < -0.39 is 0 Å². The van der Waals surface area contributed by atoms with Crippen molar-refractivity contribution in [1.82, 2.24) is 15.3 Å². The maximum absolute atomic E-state index is 12.6. The number of aromatic nitrogens is 2. The zero-order chi connectivity index (χ0) is 18.6. The minimum Gasteiger partial charge on any atom is -0.344 e. The molecule has 0 bridgehead atoms. The Balaban J connectivity index is 1.45. The number of thiophene rings is 1. The van der Waals surface area contributed by atoms with E-state index >= 15 is 0 Å². The number of rotatable bonds is 6. The van der Waals surface area contributed by atoms with Gasteiger partial charge in [-0.15, -0.1) is 11.3 Å². The number of carbonyl (C=O) groups excluding carboxylic acids is 1. The molecule has 0 fully saturated rings. The van der Waals surface area contributed by atoms with Crippen molar-refractivity contribution in [2.75, 3.05) is 5.75 Å². The first kappa shape index (κ1) is 18.1. The Bertz CT molecular complexity index is 1050. The van der Waals surface area contributed by atoms with Crippen molar-refractivity contribution in [2.24, 2.45) is 0 Å². The molecular weight excluding hydrogens is 398 g/mol. The predicted molar refractivity (Wildman–Crippen MR) is 113 cm³/mol. The smallest absolute Gasteiger partial charge is 0.231 e. The number of nitrogens with zero attached hydrogens (tertiary/aromatic N) is 1. The molecule has 0 aliphatic rings. The van der Waals surface area contributed by atoms with Gasteiger partial charge < -0.3 is 10.3 Å². The number of halogens is 1. The third kappa shape index (κ3) is 4.35. The molecule has 0 radical (unpaired) electrons. The summed E-state index contributed by atoms with van der Waals surface area (Å²) in [6.45, 7) is 0. The number of amides is 1. The van der Waals surface area contributed by atoms with Crippen LogP contribution >= 0.6 is 34.7 Å². The van der Waals surface area contributed by atoms with Gasteiger partial charge in [0.1, 0.15) is 0 Å². The largest absolute Gasteiger partial charge is 0.344 e. The number of thioether (sulfide) groups is 1. The summed E-state index contributed by atoms with van der Waals surface area (Å²) in [4.78, 5) is 21.4. The van der Waals surface area contributed by atoms with Crippen LogP contribution in [0.3, 0.4) is 0 Å². The molecule has 4 rings (SSSR count). The van der Waals surface area contributed by atoms with Crippen molar-refractivity contribution in [3.63, 3.8) is 0 Å². The van der Waals surface area contributed by atoms with Gasteiger partial charge >= 0.3 is 0 Å². The SMILES string of the molecule is O=C(CSc1nc2ccc(Cl)cc2[nH]1)N[C@@H](c1ccccc1)c1cccs1. The average molecular weight is 414 g/mol. The van der Waals surface area contributed by atoms with E-state index in [1.807, 2.05) is 60.0 Å². The number of imidazole rings is 1. The Hall–Kier alpha value is -2.28. The van der Waals surface area contributed by atoms with Gasteiger partial charge in [0.05, 0.1) is 22.8 Å². The number of aromatic amines is 1. The third-order valence-corrected chi connectivity index (χ3v) is 6.07. The summed E-state index contributed by atoms with van der Waals surface area (Å²) in [5.41, 5.74) is 2.77. The van der Waals surface area contributed by atoms with Gasteiger partial charge in [-0.3, -0.25) is 4.79 Å². The van der Waals surface area contributed by atoms with Crippen LogP contribution in [0.2, 0.25) is 5.02 Å². The Kier molecular flexibility index (Phi) is 5.48. The minimum atomic E-state index is -0.145. The molecule has 0 saturated carbocycles. The van der Waals surface area contributed by atoms with Crippen molar-refractivity contribution in [2.45, 2.75) is 11.2 Å². The van der Waals surface area contributed by atoms with Crippen LogP contribution in [0.4, 0.5) is 0 Å². The number of fused-ring (bicyclic) bond motifs is 1. The second kappa shape index (κ2) is 8.17. The summed E-state index contributed by atoms with van der Waals surface area (Å²) in [6, 6.07) is 19.4. The molecule has 4 aromatic rings. The topological polar surface area (TPSA) is 57.8 Å². The molecule has 2 aromatic heterocycles. The van der Waals surface area contributed by atoms with Crippen molar-refractivity contribution in [3.8, 4) is 0 Å². The molecule has 2 heterocycles. The number of H-pyrrole nitrogens is 1. The highest BCUT2D eigenvalue weighted by atomic mass is 35.5. The van der Waals surface area contributed by atoms with Gasteiger partial charge in [0.15, 0.2) is 5.16 Å². The highest BCUT2D eigenvalue weighted by Crippen LogP contribution is 2.27. The van der Waals surface area contributed by atoms with Crippen LogP contribution in [0.15, 0.2) is 71.2 Å². The Morgan fingerprint density at radius 2 is 2.04 bits per heavy atom. The van der Waals surface area contributed by atoms with E-state index in [0.29, 0.717) is 10.2 Å². The van der Waals surface area contributed by atoms with Crippen LogP contribution in [0, 0.1) is 0 Å². The molecule has 136 valence electrons. The molecular formula is C20H16ClN3OS2. The lowest BCUT2D eigenvalue weighted by atomic mass is 10.1. The van der Waals surface area contributed by atoms with Gasteiger partial charge in [0, 0.05) is 9.90 Å². The summed E-state index contributed by atoms with van der Waals surface area (Å²) in [6.07, 6.45) is 0. The van der Waals surface area contributed by atoms with Crippen molar-refractivity contribution in [3.05, 3.63) is 81.5 Å². The molecule has 27 heavy (non-hydrogen) atoms. The lowest BCUT2D eigenvalue weighted by molar-refractivity contribution is -0.119. The molecule has 0 aliphatic heterocycles. The van der Waals surface area contributed by atoms with E-state index in [-0.39, 0.29) is 17.7 Å². The molecule has 1 atom stereocenters. The molecule has 7 heteroatoms. The van der Waals surface area contributed by atoms with Crippen LogP contribution in [0.1, 0.15) is 16.5 Å². The van der Waals surface area contributed by atoms with Gasteiger partial charge in [-0.2, -0.15) is 0 Å². The summed E-state index contributed by atoms with van der Waals surface area (Å²) in [5, 5.41) is 6.51. The number of benzene rings is 2. The van der Waals surface area contributed by atoms with E-state index in [2.05, 4.69) is 15.3 Å². The summed E-state index contributed by atoms with van der Waals surface area (Å²) < 4.78 is 0. The molecule has 2 aromatic carbocycles. The molecule has 0 spiro atoms. The van der Waals surface area contributed by atoms with E-state index in [4.69, 9.17) is 11.6 Å². The van der Waals surface area contributed by atoms with E-state index in [0.717, 1.165) is 21.5 Å². The van der Waals surface area contributed by atoms with Gasteiger partial charge in [-0.05, 0) is 35.2 Å². The van der Waals surface area contributed by atoms with Crippen LogP contribution in [0.25, 0.3) is 11.0 Å². The quantitative estimate of drug-likeness (QED) is 0.423. The molecule has 0 aliphatic carbocycles. The maximum atomic E-state index is 12.6. The van der Waals surface area contributed by atoms with Gasteiger partial charge in [-0.1, -0.05) is 59.8 Å². The summed E-state index contributed by atoms with van der Waals surface area (Å²) in [5.74, 6) is 0.239. The molecule has 0 saturated heterocycles. The lowest BCUT2D eigenvalue weighted by Crippen LogP contribution is -2.30. The second-order valence-electron chi connectivity index (χ2n) is 5.92. The number of hydrogen-bond donors (Lipinski definition) is 2. The van der Waals surface area contributed by atoms with Crippen molar-refractivity contribution in [1.29, 1.82) is 0 Å².